The van der Waals surface area contributed by atoms with E-state index in [1.807, 2.05) is 0 Å². The topological polar surface area (TPSA) is 101 Å². The number of imide groups is 1. The molecular weight excluding hydrogens is 378 g/mol. The van der Waals surface area contributed by atoms with Crippen molar-refractivity contribution < 1.29 is 28.3 Å². The summed E-state index contributed by atoms with van der Waals surface area (Å²) in [4.78, 5) is 40.4. The quantitative estimate of drug-likeness (QED) is 0.765. The van der Waals surface area contributed by atoms with E-state index in [-0.39, 0.29) is 19.0 Å². The van der Waals surface area contributed by atoms with Gasteiger partial charge in [-0.2, -0.15) is 0 Å². The number of hydrogen-bond acceptors (Lipinski definition) is 6. The van der Waals surface area contributed by atoms with Gasteiger partial charge >= 0.3 is 6.03 Å². The number of ether oxygens (including phenoxy) is 2. The molecule has 0 saturated carbocycles. The van der Waals surface area contributed by atoms with Crippen molar-refractivity contribution in [2.75, 3.05) is 26.8 Å². The molecule has 2 aliphatic rings. The number of nitrogens with one attached hydrogen (secondary N) is 1. The van der Waals surface area contributed by atoms with Gasteiger partial charge in [0.05, 0.1) is 12.8 Å². The van der Waals surface area contributed by atoms with Crippen LogP contribution in [0, 0.1) is 0 Å². The molecule has 4 amide bonds. The van der Waals surface area contributed by atoms with Crippen molar-refractivity contribution in [1.29, 1.82) is 0 Å². The number of benzene rings is 1. The molecule has 1 saturated heterocycles. The first kappa shape index (κ1) is 18.9. The zero-order valence-corrected chi connectivity index (χ0v) is 16.1. The van der Waals surface area contributed by atoms with Gasteiger partial charge in [-0.25, -0.2) is 4.79 Å². The van der Waals surface area contributed by atoms with Crippen LogP contribution in [0.25, 0.3) is 0 Å². The Labute approximate surface area is 167 Å². The van der Waals surface area contributed by atoms with Gasteiger partial charge in [0.15, 0.2) is 11.5 Å². The van der Waals surface area contributed by atoms with Gasteiger partial charge in [-0.3, -0.25) is 14.5 Å². The summed E-state index contributed by atoms with van der Waals surface area (Å²) < 4.78 is 16.3. The molecule has 1 aromatic heterocycles. The summed E-state index contributed by atoms with van der Waals surface area (Å²) in [6, 6.07) is 7.95. The molecule has 1 atom stereocenters. The van der Waals surface area contributed by atoms with E-state index in [9.17, 15) is 14.4 Å². The summed E-state index contributed by atoms with van der Waals surface area (Å²) in [5.41, 5.74) is -0.744. The van der Waals surface area contributed by atoms with E-state index in [1.165, 1.54) is 11.2 Å². The maximum absolute atomic E-state index is 13.1. The molecule has 4 rings (SSSR count). The summed E-state index contributed by atoms with van der Waals surface area (Å²) in [6.45, 7) is 2.36. The van der Waals surface area contributed by atoms with Crippen molar-refractivity contribution in [2.45, 2.75) is 19.0 Å². The number of hydrogen-bond donors (Lipinski definition) is 1. The molecule has 0 radical (unpaired) electrons. The van der Waals surface area contributed by atoms with Crippen LogP contribution in [-0.2, 0) is 21.7 Å². The lowest BCUT2D eigenvalue weighted by Gasteiger charge is -2.25. The lowest BCUT2D eigenvalue weighted by atomic mass is 9.91. The second-order valence-electron chi connectivity index (χ2n) is 7.13. The molecule has 0 unspecified atom stereocenters. The van der Waals surface area contributed by atoms with Gasteiger partial charge in [0.25, 0.3) is 5.91 Å². The Bertz CT molecular complexity index is 957. The number of carbonyl (C=O) groups is 3. The highest BCUT2D eigenvalue weighted by Gasteiger charge is 2.50. The largest absolute Gasteiger partial charge is 0.486 e. The lowest BCUT2D eigenvalue weighted by molar-refractivity contribution is -0.138. The molecule has 2 aliphatic heterocycles. The number of urea groups is 1. The summed E-state index contributed by atoms with van der Waals surface area (Å²) in [5.74, 6) is 0.839. The average Bonchev–Trinajstić information content (AvgIpc) is 3.30. The highest BCUT2D eigenvalue weighted by molar-refractivity contribution is 6.09. The van der Waals surface area contributed by atoms with E-state index < -0.39 is 17.5 Å². The number of furan rings is 1. The smallest absolute Gasteiger partial charge is 0.325 e. The fraction of sp³-hybridized carbons (Fsp3) is 0.350. The second kappa shape index (κ2) is 7.16. The highest BCUT2D eigenvalue weighted by atomic mass is 16.6. The van der Waals surface area contributed by atoms with Gasteiger partial charge in [-0.15, -0.1) is 0 Å². The van der Waals surface area contributed by atoms with Gasteiger partial charge in [0.1, 0.15) is 31.1 Å². The molecule has 3 heterocycles. The summed E-state index contributed by atoms with van der Waals surface area (Å²) >= 11 is 0. The Balaban J connectivity index is 1.50. The highest BCUT2D eigenvalue weighted by Crippen LogP contribution is 2.36. The zero-order valence-electron chi connectivity index (χ0n) is 16.1. The van der Waals surface area contributed by atoms with Gasteiger partial charge in [-0.05, 0) is 36.8 Å². The third-order valence-corrected chi connectivity index (χ3v) is 5.09. The Hall–Kier alpha value is -3.49. The lowest BCUT2D eigenvalue weighted by Crippen LogP contribution is -2.43. The van der Waals surface area contributed by atoms with Crippen LogP contribution in [0.1, 0.15) is 18.2 Å². The second-order valence-corrected chi connectivity index (χ2v) is 7.13. The van der Waals surface area contributed by atoms with Crippen molar-refractivity contribution in [3.8, 4) is 11.5 Å². The molecule has 152 valence electrons. The molecule has 0 bridgehead atoms. The molecule has 2 aromatic rings. The van der Waals surface area contributed by atoms with Gasteiger partial charge in [0.2, 0.25) is 5.91 Å². The Morgan fingerprint density at radius 1 is 1.21 bits per heavy atom. The summed E-state index contributed by atoms with van der Waals surface area (Å²) in [7, 11) is 1.59. The number of fused-ring (bicyclic) bond motifs is 1. The molecule has 9 heteroatoms. The van der Waals surface area contributed by atoms with Crippen molar-refractivity contribution in [3.63, 3.8) is 0 Å². The SMILES string of the molecule is CN(Cc1ccco1)C(=O)CN1C(=O)N[C@@](C)(c2ccc3c(c2)OCCO3)C1=O. The van der Waals surface area contributed by atoms with Crippen molar-refractivity contribution in [2.24, 2.45) is 0 Å². The molecular formula is C20H21N3O6. The van der Waals surface area contributed by atoms with Gasteiger partial charge < -0.3 is 24.1 Å². The fourth-order valence-electron chi connectivity index (χ4n) is 3.37. The molecule has 1 aromatic carbocycles. The maximum atomic E-state index is 13.1. The first-order chi connectivity index (χ1) is 13.9. The first-order valence-corrected chi connectivity index (χ1v) is 9.19. The minimum Gasteiger partial charge on any atom is -0.486 e. The van der Waals surface area contributed by atoms with Crippen LogP contribution in [0.3, 0.4) is 0 Å². The standard InChI is InChI=1S/C20H21N3O6/c1-20(13-5-6-15-16(10-13)29-9-8-28-15)18(25)23(19(26)21-20)12-17(24)22(2)11-14-4-3-7-27-14/h3-7,10H,8-9,11-12H2,1-2H3,(H,21,26)/t20-/m0/s1. The van der Waals surface area contributed by atoms with Gasteiger partial charge in [0, 0.05) is 7.05 Å². The number of amides is 4. The number of likely N-dealkylation sites (N-methyl/N-ethyl adjacent to an activating group) is 1. The van der Waals surface area contributed by atoms with Crippen LogP contribution >= 0.6 is 0 Å². The minimum atomic E-state index is -1.30. The molecule has 29 heavy (non-hydrogen) atoms. The van der Waals surface area contributed by atoms with Crippen LogP contribution in [0.2, 0.25) is 0 Å². The zero-order chi connectivity index (χ0) is 20.6. The monoisotopic (exact) mass is 399 g/mol. The van der Waals surface area contributed by atoms with E-state index in [0.717, 1.165) is 4.90 Å². The Morgan fingerprint density at radius 2 is 1.97 bits per heavy atom. The van der Waals surface area contributed by atoms with E-state index in [1.54, 1.807) is 44.3 Å². The normalized spacial score (nSPS) is 20.6. The molecule has 1 N–H and O–H groups in total. The predicted octanol–water partition coefficient (Wildman–Crippen LogP) is 1.48. The average molecular weight is 399 g/mol. The third kappa shape index (κ3) is 3.39. The van der Waals surface area contributed by atoms with E-state index in [2.05, 4.69) is 5.32 Å². The number of carbonyl (C=O) groups excluding carboxylic acids is 3. The van der Waals surface area contributed by atoms with Gasteiger partial charge in [-0.1, -0.05) is 6.07 Å². The van der Waals surface area contributed by atoms with Crippen molar-refractivity contribution >= 4 is 17.8 Å². The third-order valence-electron chi connectivity index (χ3n) is 5.09. The molecule has 1 fully saturated rings. The summed E-state index contributed by atoms with van der Waals surface area (Å²) in [5, 5.41) is 2.69. The van der Waals surface area contributed by atoms with E-state index in [4.69, 9.17) is 13.9 Å². The summed E-state index contributed by atoms with van der Waals surface area (Å²) in [6.07, 6.45) is 1.52. The minimum absolute atomic E-state index is 0.245. The first-order valence-electron chi connectivity index (χ1n) is 9.19. The van der Waals surface area contributed by atoms with Crippen LogP contribution in [0.5, 0.6) is 11.5 Å². The maximum Gasteiger partial charge on any atom is 0.325 e. The molecule has 0 aliphatic carbocycles. The fourth-order valence-corrected chi connectivity index (χ4v) is 3.37. The Morgan fingerprint density at radius 3 is 2.69 bits per heavy atom. The van der Waals surface area contributed by atoms with E-state index >= 15 is 0 Å². The van der Waals surface area contributed by atoms with Crippen LogP contribution < -0.4 is 14.8 Å². The number of nitrogens with zero attached hydrogens (tertiary/aromatic N) is 2. The van der Waals surface area contributed by atoms with Crippen LogP contribution in [-0.4, -0.2) is 54.5 Å². The number of rotatable bonds is 5. The Kier molecular flexibility index (Phi) is 4.65. The van der Waals surface area contributed by atoms with Crippen molar-refractivity contribution in [3.05, 3.63) is 47.9 Å². The van der Waals surface area contributed by atoms with E-state index in [0.29, 0.717) is 36.0 Å². The molecule has 9 nitrogen and oxygen atoms in total. The van der Waals surface area contributed by atoms with Crippen LogP contribution in [0.15, 0.2) is 41.0 Å². The molecule has 0 spiro atoms. The van der Waals surface area contributed by atoms with Crippen LogP contribution in [0.4, 0.5) is 4.79 Å². The van der Waals surface area contributed by atoms with Crippen molar-refractivity contribution in [1.82, 2.24) is 15.1 Å². The predicted molar refractivity (Wildman–Crippen MR) is 100 cm³/mol.